The molecule has 0 atom stereocenters. The fraction of sp³-hybridized carbons (Fsp3) is 0.556. The lowest BCUT2D eigenvalue weighted by atomic mass is 10.1. The molecule has 1 aromatic carbocycles. The van der Waals surface area contributed by atoms with Gasteiger partial charge in [-0.05, 0) is 37.0 Å². The lowest BCUT2D eigenvalue weighted by molar-refractivity contribution is -0.142. The molecular formula is C18H25NO5. The van der Waals surface area contributed by atoms with E-state index < -0.39 is 0 Å². The van der Waals surface area contributed by atoms with E-state index in [1.807, 2.05) is 11.8 Å². The number of methoxy groups -OCH3 is 1. The predicted octanol–water partition coefficient (Wildman–Crippen LogP) is 2.19. The quantitative estimate of drug-likeness (QED) is 0.682. The molecule has 1 aliphatic heterocycles. The van der Waals surface area contributed by atoms with Gasteiger partial charge in [-0.1, -0.05) is 13.0 Å². The van der Waals surface area contributed by atoms with Gasteiger partial charge in [0.15, 0.2) is 18.1 Å². The largest absolute Gasteiger partial charge is 0.493 e. The maximum Gasteiger partial charge on any atom is 0.310 e. The number of esters is 1. The van der Waals surface area contributed by atoms with Gasteiger partial charge in [0, 0.05) is 13.1 Å². The number of ether oxygens (including phenoxy) is 3. The normalized spacial score (nSPS) is 13.7. The molecule has 0 unspecified atom stereocenters. The van der Waals surface area contributed by atoms with Gasteiger partial charge in [-0.15, -0.1) is 0 Å². The van der Waals surface area contributed by atoms with Gasteiger partial charge in [0.1, 0.15) is 0 Å². The van der Waals surface area contributed by atoms with Crippen LogP contribution in [0.2, 0.25) is 0 Å². The Hall–Kier alpha value is -2.24. The van der Waals surface area contributed by atoms with Crippen LogP contribution in [0.25, 0.3) is 0 Å². The van der Waals surface area contributed by atoms with E-state index in [0.717, 1.165) is 37.9 Å². The molecular weight excluding hydrogens is 310 g/mol. The molecule has 6 heteroatoms. The maximum absolute atomic E-state index is 12.0. The summed E-state index contributed by atoms with van der Waals surface area (Å²) in [5.74, 6) is 0.722. The first-order valence-electron chi connectivity index (χ1n) is 8.37. The summed E-state index contributed by atoms with van der Waals surface area (Å²) < 4.78 is 16.0. The average Bonchev–Trinajstić information content (AvgIpc) is 3.13. The van der Waals surface area contributed by atoms with Crippen molar-refractivity contribution in [2.75, 3.05) is 33.4 Å². The minimum atomic E-state index is -0.267. The Labute approximate surface area is 142 Å². The smallest absolute Gasteiger partial charge is 0.310 e. The van der Waals surface area contributed by atoms with Crippen molar-refractivity contribution < 1.29 is 23.8 Å². The lowest BCUT2D eigenvalue weighted by Crippen LogP contribution is -2.32. The van der Waals surface area contributed by atoms with Crippen molar-refractivity contribution in [1.82, 2.24) is 4.90 Å². The summed E-state index contributed by atoms with van der Waals surface area (Å²) in [4.78, 5) is 25.5. The lowest BCUT2D eigenvalue weighted by Gasteiger charge is -2.17. The van der Waals surface area contributed by atoms with E-state index in [4.69, 9.17) is 14.2 Å². The third kappa shape index (κ3) is 5.15. The van der Waals surface area contributed by atoms with Crippen LogP contribution < -0.4 is 9.47 Å². The third-order valence-electron chi connectivity index (χ3n) is 3.85. The van der Waals surface area contributed by atoms with Crippen LogP contribution in [-0.2, 0) is 20.7 Å². The van der Waals surface area contributed by atoms with E-state index in [-0.39, 0.29) is 24.9 Å². The molecule has 1 amide bonds. The van der Waals surface area contributed by atoms with Crippen molar-refractivity contribution in [2.24, 2.45) is 0 Å². The SMILES string of the molecule is CCCOC(=O)Cc1ccc(OCC(=O)N2CCCC2)c(OC)c1. The third-order valence-corrected chi connectivity index (χ3v) is 3.85. The first-order chi connectivity index (χ1) is 11.6. The van der Waals surface area contributed by atoms with Crippen molar-refractivity contribution in [3.8, 4) is 11.5 Å². The molecule has 1 saturated heterocycles. The highest BCUT2D eigenvalue weighted by molar-refractivity contribution is 5.78. The van der Waals surface area contributed by atoms with Gasteiger partial charge in [0.2, 0.25) is 0 Å². The molecule has 0 aromatic heterocycles. The highest BCUT2D eigenvalue weighted by atomic mass is 16.5. The predicted molar refractivity (Wildman–Crippen MR) is 89.3 cm³/mol. The second kappa shape index (κ2) is 9.15. The first-order valence-corrected chi connectivity index (χ1v) is 8.37. The number of carbonyl (C=O) groups is 2. The number of amides is 1. The van der Waals surface area contributed by atoms with E-state index in [0.29, 0.717) is 18.1 Å². The average molecular weight is 335 g/mol. The van der Waals surface area contributed by atoms with Gasteiger partial charge in [0.25, 0.3) is 5.91 Å². The second-order valence-corrected chi connectivity index (χ2v) is 5.76. The van der Waals surface area contributed by atoms with E-state index in [2.05, 4.69) is 0 Å². The topological polar surface area (TPSA) is 65.1 Å². The monoisotopic (exact) mass is 335 g/mol. The molecule has 0 aliphatic carbocycles. The zero-order valence-corrected chi connectivity index (χ0v) is 14.4. The van der Waals surface area contributed by atoms with Gasteiger partial charge in [-0.3, -0.25) is 9.59 Å². The van der Waals surface area contributed by atoms with Gasteiger partial charge < -0.3 is 19.1 Å². The molecule has 0 spiro atoms. The summed E-state index contributed by atoms with van der Waals surface area (Å²) in [5.41, 5.74) is 0.783. The second-order valence-electron chi connectivity index (χ2n) is 5.76. The maximum atomic E-state index is 12.0. The number of nitrogens with zero attached hydrogens (tertiary/aromatic N) is 1. The molecule has 0 bridgehead atoms. The number of hydrogen-bond donors (Lipinski definition) is 0. The summed E-state index contributed by atoms with van der Waals surface area (Å²) in [5, 5.41) is 0. The Balaban J connectivity index is 1.92. The zero-order valence-electron chi connectivity index (χ0n) is 14.4. The van der Waals surface area contributed by atoms with Crippen molar-refractivity contribution in [3.63, 3.8) is 0 Å². The fourth-order valence-electron chi connectivity index (χ4n) is 2.57. The molecule has 1 aromatic rings. The van der Waals surface area contributed by atoms with Gasteiger partial charge in [0.05, 0.1) is 20.1 Å². The van der Waals surface area contributed by atoms with Gasteiger partial charge >= 0.3 is 5.97 Å². The molecule has 1 fully saturated rings. The summed E-state index contributed by atoms with van der Waals surface area (Å²) in [6.07, 6.45) is 3.09. The first kappa shape index (κ1) is 18.1. The molecule has 0 radical (unpaired) electrons. The molecule has 132 valence electrons. The van der Waals surface area contributed by atoms with E-state index in [9.17, 15) is 9.59 Å². The summed E-state index contributed by atoms with van der Waals surface area (Å²) in [7, 11) is 1.53. The van der Waals surface area contributed by atoms with Crippen molar-refractivity contribution in [3.05, 3.63) is 23.8 Å². The van der Waals surface area contributed by atoms with Crippen molar-refractivity contribution in [1.29, 1.82) is 0 Å². The van der Waals surface area contributed by atoms with Crippen LogP contribution in [0.15, 0.2) is 18.2 Å². The Morgan fingerprint density at radius 2 is 1.92 bits per heavy atom. The molecule has 0 N–H and O–H groups in total. The van der Waals surface area contributed by atoms with Crippen molar-refractivity contribution in [2.45, 2.75) is 32.6 Å². The molecule has 24 heavy (non-hydrogen) atoms. The van der Waals surface area contributed by atoms with E-state index >= 15 is 0 Å². The highest BCUT2D eigenvalue weighted by Gasteiger charge is 2.19. The van der Waals surface area contributed by atoms with E-state index in [1.165, 1.54) is 7.11 Å². The number of rotatable bonds is 8. The summed E-state index contributed by atoms with van der Waals surface area (Å²) in [6, 6.07) is 5.24. The Bertz CT molecular complexity index is 567. The minimum absolute atomic E-state index is 0.00571. The molecule has 6 nitrogen and oxygen atoms in total. The summed E-state index contributed by atoms with van der Waals surface area (Å²) >= 11 is 0. The van der Waals surface area contributed by atoms with Gasteiger partial charge in [-0.25, -0.2) is 0 Å². The Morgan fingerprint density at radius 1 is 1.17 bits per heavy atom. The van der Waals surface area contributed by atoms with Crippen LogP contribution in [0.4, 0.5) is 0 Å². The van der Waals surface area contributed by atoms with Crippen LogP contribution in [0, 0.1) is 0 Å². The molecule has 2 rings (SSSR count). The number of hydrogen-bond acceptors (Lipinski definition) is 5. The fourth-order valence-corrected chi connectivity index (χ4v) is 2.57. The van der Waals surface area contributed by atoms with Crippen LogP contribution in [0.1, 0.15) is 31.7 Å². The van der Waals surface area contributed by atoms with Crippen LogP contribution in [0.3, 0.4) is 0 Å². The van der Waals surface area contributed by atoms with Crippen molar-refractivity contribution >= 4 is 11.9 Å². The summed E-state index contributed by atoms with van der Waals surface area (Å²) in [6.45, 7) is 3.98. The standard InChI is InChI=1S/C18H25NO5/c1-3-10-23-18(21)12-14-6-7-15(16(11-14)22-2)24-13-17(20)19-8-4-5-9-19/h6-7,11H,3-5,8-10,12-13H2,1-2H3. The Kier molecular flexibility index (Phi) is 6.90. The zero-order chi connectivity index (χ0) is 17.4. The Morgan fingerprint density at radius 3 is 2.58 bits per heavy atom. The van der Waals surface area contributed by atoms with Gasteiger partial charge in [-0.2, -0.15) is 0 Å². The number of benzene rings is 1. The van der Waals surface area contributed by atoms with E-state index in [1.54, 1.807) is 18.2 Å². The molecule has 1 aliphatic rings. The number of carbonyl (C=O) groups excluding carboxylic acids is 2. The van der Waals surface area contributed by atoms with Crippen LogP contribution in [0.5, 0.6) is 11.5 Å². The highest BCUT2D eigenvalue weighted by Crippen LogP contribution is 2.28. The van der Waals surface area contributed by atoms with Crippen LogP contribution in [-0.4, -0.2) is 50.2 Å². The van der Waals surface area contributed by atoms with Crippen LogP contribution >= 0.6 is 0 Å². The molecule has 0 saturated carbocycles. The number of likely N-dealkylation sites (tertiary alicyclic amines) is 1. The molecule has 1 heterocycles. The minimum Gasteiger partial charge on any atom is -0.493 e.